The van der Waals surface area contributed by atoms with Gasteiger partial charge in [0.05, 0.1) is 6.42 Å². The van der Waals surface area contributed by atoms with Crippen LogP contribution in [0.15, 0.2) is 18.2 Å². The standard InChI is InChI=1S/C13H15F2NO3/c1-2-3-11(13(18)19)16-12(17)6-8-4-9(14)7-10(15)5-8/h4-5,7,11H,2-3,6H2,1H3,(H,16,17)(H,18,19)/t11-/m0/s1. The minimum Gasteiger partial charge on any atom is -0.480 e. The van der Waals surface area contributed by atoms with Crippen LogP contribution < -0.4 is 5.32 Å². The Hall–Kier alpha value is -1.98. The summed E-state index contributed by atoms with van der Waals surface area (Å²) in [6, 6.07) is 1.81. The number of aliphatic carboxylic acids is 1. The van der Waals surface area contributed by atoms with Gasteiger partial charge in [-0.1, -0.05) is 13.3 Å². The molecule has 0 saturated carbocycles. The molecule has 104 valence electrons. The van der Waals surface area contributed by atoms with E-state index in [4.69, 9.17) is 5.11 Å². The molecule has 0 fully saturated rings. The van der Waals surface area contributed by atoms with E-state index in [9.17, 15) is 18.4 Å². The number of hydrogen-bond acceptors (Lipinski definition) is 2. The maximum Gasteiger partial charge on any atom is 0.326 e. The van der Waals surface area contributed by atoms with Gasteiger partial charge in [-0.25, -0.2) is 13.6 Å². The first-order valence-electron chi connectivity index (χ1n) is 5.89. The Kier molecular flexibility index (Phi) is 5.41. The highest BCUT2D eigenvalue weighted by Gasteiger charge is 2.18. The molecular formula is C13H15F2NO3. The average molecular weight is 271 g/mol. The van der Waals surface area contributed by atoms with E-state index in [2.05, 4.69) is 5.32 Å². The smallest absolute Gasteiger partial charge is 0.326 e. The Balaban J connectivity index is 2.66. The molecule has 0 radical (unpaired) electrons. The van der Waals surface area contributed by atoms with Crippen molar-refractivity contribution in [3.05, 3.63) is 35.4 Å². The molecule has 6 heteroatoms. The number of nitrogens with one attached hydrogen (secondary N) is 1. The van der Waals surface area contributed by atoms with Gasteiger partial charge in [0.25, 0.3) is 0 Å². The number of benzene rings is 1. The third-order valence-corrected chi connectivity index (χ3v) is 2.50. The van der Waals surface area contributed by atoms with Crippen LogP contribution in [-0.2, 0) is 16.0 Å². The van der Waals surface area contributed by atoms with Crippen molar-refractivity contribution in [2.75, 3.05) is 0 Å². The highest BCUT2D eigenvalue weighted by atomic mass is 19.1. The number of carboxylic acid groups (broad SMARTS) is 1. The lowest BCUT2D eigenvalue weighted by atomic mass is 10.1. The zero-order valence-electron chi connectivity index (χ0n) is 10.5. The first-order valence-corrected chi connectivity index (χ1v) is 5.89. The fraction of sp³-hybridized carbons (Fsp3) is 0.385. The molecule has 0 spiro atoms. The molecule has 2 N–H and O–H groups in total. The molecule has 0 heterocycles. The molecule has 0 unspecified atom stereocenters. The van der Waals surface area contributed by atoms with Gasteiger partial charge in [0.2, 0.25) is 5.91 Å². The number of halogens is 2. The van der Waals surface area contributed by atoms with Gasteiger partial charge >= 0.3 is 5.97 Å². The molecule has 1 aromatic carbocycles. The number of rotatable bonds is 6. The van der Waals surface area contributed by atoms with Crippen molar-refractivity contribution in [1.29, 1.82) is 0 Å². The summed E-state index contributed by atoms with van der Waals surface area (Å²) < 4.78 is 25.8. The van der Waals surface area contributed by atoms with Gasteiger partial charge < -0.3 is 10.4 Å². The minimum atomic E-state index is -1.12. The van der Waals surface area contributed by atoms with E-state index in [1.54, 1.807) is 6.92 Å². The second-order valence-electron chi connectivity index (χ2n) is 4.20. The van der Waals surface area contributed by atoms with Crippen molar-refractivity contribution in [2.24, 2.45) is 0 Å². The van der Waals surface area contributed by atoms with Gasteiger partial charge in [-0.15, -0.1) is 0 Å². The van der Waals surface area contributed by atoms with E-state index in [1.807, 2.05) is 0 Å². The molecule has 1 aromatic rings. The van der Waals surface area contributed by atoms with Crippen molar-refractivity contribution < 1.29 is 23.5 Å². The minimum absolute atomic E-state index is 0.163. The molecule has 0 aliphatic rings. The second-order valence-corrected chi connectivity index (χ2v) is 4.20. The number of carboxylic acids is 1. The summed E-state index contributed by atoms with van der Waals surface area (Å²) in [6.45, 7) is 1.80. The van der Waals surface area contributed by atoms with E-state index in [1.165, 1.54) is 0 Å². The fourth-order valence-corrected chi connectivity index (χ4v) is 1.69. The Labute approximate surface area is 109 Å². The van der Waals surface area contributed by atoms with E-state index >= 15 is 0 Å². The maximum atomic E-state index is 12.9. The van der Waals surface area contributed by atoms with Crippen LogP contribution in [0, 0.1) is 11.6 Å². The molecule has 0 aromatic heterocycles. The van der Waals surface area contributed by atoms with E-state index in [0.29, 0.717) is 18.9 Å². The maximum absolute atomic E-state index is 12.9. The average Bonchev–Trinajstić information content (AvgIpc) is 2.26. The van der Waals surface area contributed by atoms with E-state index in [-0.39, 0.29) is 12.0 Å². The third-order valence-electron chi connectivity index (χ3n) is 2.50. The van der Waals surface area contributed by atoms with Crippen LogP contribution in [-0.4, -0.2) is 23.0 Å². The molecule has 0 aliphatic heterocycles. The number of amides is 1. The summed E-state index contributed by atoms with van der Waals surface area (Å²) >= 11 is 0. The third kappa shape index (κ3) is 5.03. The highest BCUT2D eigenvalue weighted by molar-refractivity contribution is 5.84. The van der Waals surface area contributed by atoms with Crippen molar-refractivity contribution >= 4 is 11.9 Å². The normalized spacial score (nSPS) is 11.9. The zero-order valence-corrected chi connectivity index (χ0v) is 10.5. The molecular weight excluding hydrogens is 256 g/mol. The Morgan fingerprint density at radius 3 is 2.32 bits per heavy atom. The zero-order chi connectivity index (χ0) is 14.4. The Morgan fingerprint density at radius 1 is 1.26 bits per heavy atom. The van der Waals surface area contributed by atoms with Crippen LogP contribution in [0.25, 0.3) is 0 Å². The van der Waals surface area contributed by atoms with Gasteiger partial charge in [0.15, 0.2) is 0 Å². The van der Waals surface area contributed by atoms with Gasteiger partial charge in [-0.3, -0.25) is 4.79 Å². The second kappa shape index (κ2) is 6.82. The summed E-state index contributed by atoms with van der Waals surface area (Å²) in [6.07, 6.45) is 0.645. The molecule has 0 bridgehead atoms. The highest BCUT2D eigenvalue weighted by Crippen LogP contribution is 2.09. The van der Waals surface area contributed by atoms with Crippen LogP contribution >= 0.6 is 0 Å². The van der Waals surface area contributed by atoms with Gasteiger partial charge in [-0.2, -0.15) is 0 Å². The van der Waals surface area contributed by atoms with Crippen molar-refractivity contribution in [2.45, 2.75) is 32.2 Å². The molecule has 1 rings (SSSR count). The molecule has 19 heavy (non-hydrogen) atoms. The fourth-order valence-electron chi connectivity index (χ4n) is 1.69. The SMILES string of the molecule is CCC[C@H](NC(=O)Cc1cc(F)cc(F)c1)C(=O)O. The van der Waals surface area contributed by atoms with Gasteiger partial charge in [0.1, 0.15) is 17.7 Å². The predicted molar refractivity (Wildman–Crippen MR) is 64.5 cm³/mol. The number of hydrogen-bond donors (Lipinski definition) is 2. The lowest BCUT2D eigenvalue weighted by molar-refractivity contribution is -0.141. The topological polar surface area (TPSA) is 66.4 Å². The summed E-state index contributed by atoms with van der Waals surface area (Å²) in [4.78, 5) is 22.5. The lowest BCUT2D eigenvalue weighted by Crippen LogP contribution is -2.41. The van der Waals surface area contributed by atoms with Crippen molar-refractivity contribution in [3.8, 4) is 0 Å². The molecule has 4 nitrogen and oxygen atoms in total. The molecule has 0 saturated heterocycles. The van der Waals surface area contributed by atoms with Crippen LogP contribution in [0.4, 0.5) is 8.78 Å². The number of carbonyl (C=O) groups excluding carboxylic acids is 1. The number of carbonyl (C=O) groups is 2. The quantitative estimate of drug-likeness (QED) is 0.830. The van der Waals surface area contributed by atoms with Crippen molar-refractivity contribution in [3.63, 3.8) is 0 Å². The first kappa shape index (κ1) is 15.1. The summed E-state index contributed by atoms with van der Waals surface area (Å²) in [5, 5.41) is 11.2. The van der Waals surface area contributed by atoms with E-state index in [0.717, 1.165) is 12.1 Å². The predicted octanol–water partition coefficient (Wildman–Crippen LogP) is 1.88. The summed E-state index contributed by atoms with van der Waals surface area (Å²) in [7, 11) is 0. The summed E-state index contributed by atoms with van der Waals surface area (Å²) in [5.74, 6) is -3.25. The van der Waals surface area contributed by atoms with Gasteiger partial charge in [0, 0.05) is 6.07 Å². The lowest BCUT2D eigenvalue weighted by Gasteiger charge is -2.13. The van der Waals surface area contributed by atoms with Crippen LogP contribution in [0.2, 0.25) is 0 Å². The summed E-state index contributed by atoms with van der Waals surface area (Å²) in [5.41, 5.74) is 0.163. The van der Waals surface area contributed by atoms with E-state index < -0.39 is 29.6 Å². The molecule has 0 aliphatic carbocycles. The van der Waals surface area contributed by atoms with Crippen LogP contribution in [0.1, 0.15) is 25.3 Å². The van der Waals surface area contributed by atoms with Crippen molar-refractivity contribution in [1.82, 2.24) is 5.32 Å². The largest absolute Gasteiger partial charge is 0.480 e. The Morgan fingerprint density at radius 2 is 1.84 bits per heavy atom. The Bertz CT molecular complexity index is 457. The molecule has 1 amide bonds. The van der Waals surface area contributed by atoms with Crippen LogP contribution in [0.5, 0.6) is 0 Å². The van der Waals surface area contributed by atoms with Gasteiger partial charge in [-0.05, 0) is 24.1 Å². The first-order chi connectivity index (χ1) is 8.92. The molecule has 1 atom stereocenters. The monoisotopic (exact) mass is 271 g/mol. The van der Waals surface area contributed by atoms with Crippen LogP contribution in [0.3, 0.4) is 0 Å².